The fraction of sp³-hybridized carbons (Fsp3) is 0.538. The number of rotatable bonds is 7. The normalized spacial score (nSPS) is 14.0. The SMILES string of the molecule is COc1cc(C(F)(F)C(F)(F)C(F)(F)C(F)(F)c2cc(OC)c(N)c(C(C)(C)C)c2)cc(C(C)(C)C)c1N. The van der Waals surface area contributed by atoms with Gasteiger partial charge < -0.3 is 20.9 Å². The first-order chi connectivity index (χ1) is 16.9. The third-order valence-corrected chi connectivity index (χ3v) is 6.25. The topological polar surface area (TPSA) is 70.5 Å². The minimum atomic E-state index is -6.59. The van der Waals surface area contributed by atoms with E-state index in [1.807, 2.05) is 0 Å². The van der Waals surface area contributed by atoms with E-state index < -0.39 is 57.1 Å². The third-order valence-electron chi connectivity index (χ3n) is 6.25. The van der Waals surface area contributed by atoms with Gasteiger partial charge in [-0.05, 0) is 46.2 Å². The van der Waals surface area contributed by atoms with E-state index in [0.29, 0.717) is 24.3 Å². The highest BCUT2D eigenvalue weighted by Crippen LogP contribution is 2.60. The van der Waals surface area contributed by atoms with Crippen molar-refractivity contribution in [2.45, 2.75) is 76.1 Å². The van der Waals surface area contributed by atoms with Gasteiger partial charge in [0.15, 0.2) is 0 Å². The Morgan fingerprint density at radius 2 is 0.789 bits per heavy atom. The minimum absolute atomic E-state index is 0.129. The second-order valence-corrected chi connectivity index (χ2v) is 11.1. The van der Waals surface area contributed by atoms with Crippen molar-refractivity contribution < 1.29 is 44.6 Å². The van der Waals surface area contributed by atoms with Crippen molar-refractivity contribution in [3.05, 3.63) is 46.5 Å². The van der Waals surface area contributed by atoms with Crippen LogP contribution in [0.4, 0.5) is 46.5 Å². The Kier molecular flexibility index (Phi) is 7.72. The second-order valence-electron chi connectivity index (χ2n) is 11.1. The number of ether oxygens (including phenoxy) is 2. The lowest BCUT2D eigenvalue weighted by molar-refractivity contribution is -0.374. The number of nitrogen functional groups attached to an aromatic ring is 2. The molecule has 0 aliphatic heterocycles. The molecule has 0 aliphatic carbocycles. The Morgan fingerprint density at radius 3 is 1.00 bits per heavy atom. The predicted octanol–water partition coefficient (Wildman–Crippen LogP) is 7.62. The Balaban J connectivity index is 2.81. The minimum Gasteiger partial charge on any atom is -0.495 e. The van der Waals surface area contributed by atoms with E-state index in [9.17, 15) is 0 Å². The van der Waals surface area contributed by atoms with Crippen LogP contribution in [0.25, 0.3) is 0 Å². The first kappa shape index (κ1) is 31.3. The first-order valence-corrected chi connectivity index (χ1v) is 11.4. The predicted molar refractivity (Wildman–Crippen MR) is 130 cm³/mol. The van der Waals surface area contributed by atoms with Crippen molar-refractivity contribution in [3.63, 3.8) is 0 Å². The summed E-state index contributed by atoms with van der Waals surface area (Å²) in [4.78, 5) is 0. The van der Waals surface area contributed by atoms with Crippen molar-refractivity contribution in [2.24, 2.45) is 0 Å². The smallest absolute Gasteiger partial charge is 0.382 e. The van der Waals surface area contributed by atoms with E-state index >= 15 is 35.1 Å². The molecule has 214 valence electrons. The fourth-order valence-electron chi connectivity index (χ4n) is 3.95. The summed E-state index contributed by atoms with van der Waals surface area (Å²) in [6.45, 7) is 9.01. The molecule has 2 rings (SSSR count). The van der Waals surface area contributed by atoms with Crippen molar-refractivity contribution in [1.29, 1.82) is 0 Å². The molecule has 38 heavy (non-hydrogen) atoms. The van der Waals surface area contributed by atoms with Gasteiger partial charge in [0.2, 0.25) is 0 Å². The van der Waals surface area contributed by atoms with E-state index in [-0.39, 0.29) is 22.5 Å². The Labute approximate surface area is 216 Å². The monoisotopic (exact) mass is 556 g/mol. The molecule has 0 aromatic heterocycles. The van der Waals surface area contributed by atoms with Crippen molar-refractivity contribution >= 4 is 11.4 Å². The van der Waals surface area contributed by atoms with Gasteiger partial charge in [-0.3, -0.25) is 0 Å². The highest BCUT2D eigenvalue weighted by Gasteiger charge is 2.81. The van der Waals surface area contributed by atoms with E-state index in [2.05, 4.69) is 0 Å². The van der Waals surface area contributed by atoms with Gasteiger partial charge in [-0.1, -0.05) is 41.5 Å². The van der Waals surface area contributed by atoms with Crippen LogP contribution in [-0.2, 0) is 22.7 Å². The molecule has 0 amide bonds. The summed E-state index contributed by atoms with van der Waals surface area (Å²) in [5.74, 6) is -25.8. The maximum atomic E-state index is 15.3. The van der Waals surface area contributed by atoms with Gasteiger partial charge in [-0.15, -0.1) is 0 Å². The molecule has 2 aromatic carbocycles. The molecule has 0 fully saturated rings. The molecule has 0 atom stereocenters. The molecule has 0 bridgehead atoms. The lowest BCUT2D eigenvalue weighted by Crippen LogP contribution is -2.59. The zero-order valence-corrected chi connectivity index (χ0v) is 22.3. The highest BCUT2D eigenvalue weighted by atomic mass is 19.4. The van der Waals surface area contributed by atoms with Gasteiger partial charge in [0.1, 0.15) is 11.5 Å². The average Bonchev–Trinajstić information content (AvgIpc) is 2.77. The summed E-state index contributed by atoms with van der Waals surface area (Å²) >= 11 is 0. The van der Waals surface area contributed by atoms with Crippen LogP contribution in [-0.4, -0.2) is 26.1 Å². The zero-order chi connectivity index (χ0) is 29.9. The fourth-order valence-corrected chi connectivity index (χ4v) is 3.95. The quantitative estimate of drug-likeness (QED) is 0.272. The molecule has 0 saturated heterocycles. The van der Waals surface area contributed by atoms with Crippen LogP contribution in [0.3, 0.4) is 0 Å². The number of methoxy groups -OCH3 is 2. The first-order valence-electron chi connectivity index (χ1n) is 11.4. The van der Waals surface area contributed by atoms with Crippen LogP contribution in [0.2, 0.25) is 0 Å². The summed E-state index contributed by atoms with van der Waals surface area (Å²) < 4.78 is 131. The lowest BCUT2D eigenvalue weighted by atomic mass is 9.81. The molecule has 0 unspecified atom stereocenters. The van der Waals surface area contributed by atoms with Crippen LogP contribution in [0, 0.1) is 0 Å². The molecular weight excluding hydrogens is 524 g/mol. The van der Waals surface area contributed by atoms with Gasteiger partial charge in [0, 0.05) is 11.1 Å². The Morgan fingerprint density at radius 1 is 0.526 bits per heavy atom. The Hall–Kier alpha value is -2.92. The van der Waals surface area contributed by atoms with Crippen molar-refractivity contribution in [3.8, 4) is 11.5 Å². The third kappa shape index (κ3) is 4.82. The number of hydrogen-bond donors (Lipinski definition) is 2. The largest absolute Gasteiger partial charge is 0.495 e. The van der Waals surface area contributed by atoms with Gasteiger partial charge in [0.05, 0.1) is 25.6 Å². The van der Waals surface area contributed by atoms with Gasteiger partial charge in [-0.25, -0.2) is 0 Å². The number of halogens is 8. The number of benzene rings is 2. The lowest BCUT2D eigenvalue weighted by Gasteiger charge is -2.38. The van der Waals surface area contributed by atoms with E-state index in [0.717, 1.165) is 14.2 Å². The Bertz CT molecular complexity index is 1110. The standard InChI is InChI=1S/C26H32F8N2O2/c1-21(2,3)15-9-13(11-17(37-7)19(15)35)23(27,28)25(31,32)26(33,34)24(29,30)14-10-16(22(4,5)6)20(36)18(12-14)38-8/h9-12H,35-36H2,1-8H3. The summed E-state index contributed by atoms with van der Waals surface area (Å²) in [6.07, 6.45) is 0. The average molecular weight is 557 g/mol. The van der Waals surface area contributed by atoms with E-state index in [1.54, 1.807) is 0 Å². The van der Waals surface area contributed by atoms with Crippen molar-refractivity contribution in [2.75, 3.05) is 25.7 Å². The molecule has 0 spiro atoms. The van der Waals surface area contributed by atoms with Crippen LogP contribution in [0.5, 0.6) is 11.5 Å². The number of nitrogens with two attached hydrogens (primary N) is 2. The molecule has 2 aromatic rings. The molecule has 4 N–H and O–H groups in total. The van der Waals surface area contributed by atoms with E-state index in [1.165, 1.54) is 41.5 Å². The highest BCUT2D eigenvalue weighted by molar-refractivity contribution is 5.64. The molecular formula is C26H32F8N2O2. The van der Waals surface area contributed by atoms with Crippen LogP contribution in [0.15, 0.2) is 24.3 Å². The second kappa shape index (κ2) is 9.37. The molecule has 4 nitrogen and oxygen atoms in total. The maximum absolute atomic E-state index is 15.3. The molecule has 0 aliphatic rings. The summed E-state index contributed by atoms with van der Waals surface area (Å²) in [6, 6.07) is 1.64. The van der Waals surface area contributed by atoms with E-state index in [4.69, 9.17) is 20.9 Å². The molecule has 0 saturated carbocycles. The summed E-state index contributed by atoms with van der Waals surface area (Å²) in [5, 5.41) is 0. The number of alkyl halides is 8. The van der Waals surface area contributed by atoms with Gasteiger partial charge in [-0.2, -0.15) is 35.1 Å². The molecule has 0 heterocycles. The maximum Gasteiger partial charge on any atom is 0.382 e. The summed E-state index contributed by atoms with van der Waals surface area (Å²) in [5.41, 5.74) is 5.73. The van der Waals surface area contributed by atoms with Crippen LogP contribution in [0.1, 0.15) is 63.8 Å². The zero-order valence-electron chi connectivity index (χ0n) is 22.3. The number of anilines is 2. The van der Waals surface area contributed by atoms with Crippen LogP contribution < -0.4 is 20.9 Å². The van der Waals surface area contributed by atoms with Crippen molar-refractivity contribution in [1.82, 2.24) is 0 Å². The van der Waals surface area contributed by atoms with Gasteiger partial charge in [0.25, 0.3) is 0 Å². The van der Waals surface area contributed by atoms with Crippen LogP contribution >= 0.6 is 0 Å². The molecule has 12 heteroatoms. The summed E-state index contributed by atoms with van der Waals surface area (Å²) in [7, 11) is 2.00. The number of hydrogen-bond acceptors (Lipinski definition) is 4. The molecule has 0 radical (unpaired) electrons. The van der Waals surface area contributed by atoms with Gasteiger partial charge >= 0.3 is 23.7 Å².